The van der Waals surface area contributed by atoms with Gasteiger partial charge in [-0.15, -0.1) is 0 Å². The molecule has 1 aliphatic rings. The van der Waals surface area contributed by atoms with Crippen LogP contribution in [0, 0.1) is 6.92 Å². The molecule has 6 heteroatoms. The van der Waals surface area contributed by atoms with E-state index in [1.54, 1.807) is 31.4 Å². The summed E-state index contributed by atoms with van der Waals surface area (Å²) in [5.41, 5.74) is 3.46. The van der Waals surface area contributed by atoms with Crippen molar-refractivity contribution in [1.82, 2.24) is 9.78 Å². The lowest BCUT2D eigenvalue weighted by molar-refractivity contribution is 0.412. The lowest BCUT2D eigenvalue weighted by atomic mass is 9.97. The largest absolute Gasteiger partial charge is 0.497 e. The average molecular weight is 437 g/mol. The summed E-state index contributed by atoms with van der Waals surface area (Å²) in [4.78, 5) is 13.3. The minimum atomic E-state index is -0.357. The van der Waals surface area contributed by atoms with Crippen molar-refractivity contribution in [2.75, 3.05) is 7.11 Å². The Morgan fingerprint density at radius 1 is 1.06 bits per heavy atom. The van der Waals surface area contributed by atoms with Crippen LogP contribution in [-0.2, 0) is 6.54 Å². The molecule has 3 aromatic rings. The topological polar surface area (TPSA) is 53.4 Å². The molecule has 0 fully saturated rings. The molecule has 1 aromatic heterocycles. The van der Waals surface area contributed by atoms with Crippen LogP contribution < -0.4 is 15.0 Å². The summed E-state index contributed by atoms with van der Waals surface area (Å²) in [7, 11) is 1.60. The molecule has 0 spiro atoms. The van der Waals surface area contributed by atoms with E-state index in [9.17, 15) is 4.79 Å². The van der Waals surface area contributed by atoms with Crippen LogP contribution in [0.15, 0.2) is 59.4 Å². The second-order valence-corrected chi connectivity index (χ2v) is 8.01. The maximum absolute atomic E-state index is 13.3. The van der Waals surface area contributed by atoms with E-state index < -0.39 is 0 Å². The third-order valence-electron chi connectivity index (χ3n) is 5.51. The van der Waals surface area contributed by atoms with Gasteiger partial charge in [-0.25, -0.2) is 4.68 Å². The normalized spacial score (nSPS) is 13.6. The Labute approximate surface area is 186 Å². The van der Waals surface area contributed by atoms with E-state index in [0.29, 0.717) is 23.7 Å². The molecule has 0 saturated heterocycles. The summed E-state index contributed by atoms with van der Waals surface area (Å²) < 4.78 is 12.6. The smallest absolute Gasteiger partial charge is 0.311 e. The van der Waals surface area contributed by atoms with Crippen LogP contribution in [0.25, 0.3) is 5.57 Å². The first-order valence-electron chi connectivity index (χ1n) is 10.4. The van der Waals surface area contributed by atoms with Gasteiger partial charge in [-0.05, 0) is 73.6 Å². The number of hydrogen-bond donors (Lipinski definition) is 0. The van der Waals surface area contributed by atoms with Gasteiger partial charge in [0.25, 0.3) is 0 Å². The maximum atomic E-state index is 13.3. The van der Waals surface area contributed by atoms with E-state index in [2.05, 4.69) is 11.2 Å². The van der Waals surface area contributed by atoms with E-state index in [1.165, 1.54) is 4.68 Å². The highest BCUT2D eigenvalue weighted by Gasteiger charge is 2.22. The van der Waals surface area contributed by atoms with Crippen LogP contribution in [-0.4, -0.2) is 16.9 Å². The van der Waals surface area contributed by atoms with Crippen molar-refractivity contribution in [3.63, 3.8) is 0 Å². The highest BCUT2D eigenvalue weighted by atomic mass is 35.5. The first-order chi connectivity index (χ1) is 15.1. The van der Waals surface area contributed by atoms with Crippen LogP contribution in [0.2, 0.25) is 5.02 Å². The van der Waals surface area contributed by atoms with Crippen molar-refractivity contribution in [2.24, 2.45) is 0 Å². The zero-order chi connectivity index (χ0) is 21.8. The molecule has 5 nitrogen and oxygen atoms in total. The molecule has 0 amide bonds. The summed E-state index contributed by atoms with van der Waals surface area (Å²) >= 11 is 6.70. The number of benzene rings is 2. The molecule has 31 heavy (non-hydrogen) atoms. The quantitative estimate of drug-likeness (QED) is 0.474. The first-order valence-corrected chi connectivity index (χ1v) is 10.8. The third kappa shape index (κ3) is 4.67. The molecule has 0 saturated carbocycles. The first kappa shape index (κ1) is 21.2. The molecule has 0 unspecified atom stereocenters. The Morgan fingerprint density at radius 3 is 2.48 bits per heavy atom. The zero-order valence-corrected chi connectivity index (χ0v) is 18.5. The molecule has 0 radical (unpaired) electrons. The third-order valence-corrected chi connectivity index (χ3v) is 5.86. The number of ether oxygens (including phenoxy) is 2. The Balaban J connectivity index is 1.80. The number of aromatic nitrogens is 2. The van der Waals surface area contributed by atoms with Gasteiger partial charge in [-0.1, -0.05) is 41.9 Å². The number of methoxy groups -OCH3 is 1. The van der Waals surface area contributed by atoms with Gasteiger partial charge in [0.2, 0.25) is 5.75 Å². The number of aryl methyl sites for hydroxylation is 1. The second kappa shape index (κ2) is 9.40. The molecule has 1 heterocycles. The van der Waals surface area contributed by atoms with Crippen molar-refractivity contribution in [2.45, 2.75) is 39.2 Å². The monoisotopic (exact) mass is 436 g/mol. The van der Waals surface area contributed by atoms with E-state index in [4.69, 9.17) is 21.1 Å². The Bertz CT molecular complexity index is 1170. The lowest BCUT2D eigenvalue weighted by Gasteiger charge is -2.18. The number of hydrogen-bond acceptors (Lipinski definition) is 4. The Morgan fingerprint density at radius 2 is 1.81 bits per heavy atom. The van der Waals surface area contributed by atoms with E-state index in [-0.39, 0.29) is 16.3 Å². The number of nitrogens with zero attached hydrogens (tertiary/aromatic N) is 2. The summed E-state index contributed by atoms with van der Waals surface area (Å²) in [5.74, 6) is 1.31. The molecular weight excluding hydrogens is 412 g/mol. The minimum Gasteiger partial charge on any atom is -0.497 e. The molecule has 0 bridgehead atoms. The number of rotatable bonds is 6. The summed E-state index contributed by atoms with van der Waals surface area (Å²) in [6.07, 6.45) is 6.27. The highest BCUT2D eigenvalue weighted by molar-refractivity contribution is 6.33. The average Bonchev–Trinajstić information content (AvgIpc) is 2.81. The van der Waals surface area contributed by atoms with Crippen LogP contribution in [0.1, 0.15) is 42.5 Å². The lowest BCUT2D eigenvalue weighted by Crippen LogP contribution is -2.26. The van der Waals surface area contributed by atoms with Gasteiger partial charge < -0.3 is 9.47 Å². The molecule has 0 atom stereocenters. The molecule has 2 aromatic carbocycles. The van der Waals surface area contributed by atoms with Gasteiger partial charge in [0.15, 0.2) is 0 Å². The standard InChI is InChI=1S/C25H25ClN2O3/c1-17-8-6-7-11-19(17)16-28-25(29)24(31-21-14-12-20(30-2)13-15-21)22(26)23(27-28)18-9-4-3-5-10-18/h6-9,11-15H,3-5,10,16H2,1-2H3. The van der Waals surface area contributed by atoms with E-state index in [1.807, 2.05) is 31.2 Å². The van der Waals surface area contributed by atoms with Crippen molar-refractivity contribution in [1.29, 1.82) is 0 Å². The summed E-state index contributed by atoms with van der Waals surface area (Å²) in [6, 6.07) is 15.0. The van der Waals surface area contributed by atoms with Crippen LogP contribution >= 0.6 is 11.6 Å². The maximum Gasteiger partial charge on any atom is 0.311 e. The fourth-order valence-corrected chi connectivity index (χ4v) is 3.97. The van der Waals surface area contributed by atoms with E-state index in [0.717, 1.165) is 42.4 Å². The SMILES string of the molecule is COc1ccc(Oc2c(Cl)c(C3=CCCCC3)nn(Cc3ccccc3C)c2=O)cc1. The van der Waals surface area contributed by atoms with Crippen LogP contribution in [0.3, 0.4) is 0 Å². The number of allylic oxidation sites excluding steroid dienone is 2. The van der Waals surface area contributed by atoms with Crippen LogP contribution in [0.4, 0.5) is 0 Å². The van der Waals surface area contributed by atoms with Crippen molar-refractivity contribution in [3.05, 3.63) is 86.8 Å². The Hall–Kier alpha value is -3.05. The zero-order valence-electron chi connectivity index (χ0n) is 17.7. The second-order valence-electron chi connectivity index (χ2n) is 7.63. The summed E-state index contributed by atoms with van der Waals surface area (Å²) in [5, 5.41) is 4.92. The van der Waals surface area contributed by atoms with Crippen molar-refractivity contribution in [3.8, 4) is 17.2 Å². The van der Waals surface area contributed by atoms with Gasteiger partial charge in [0, 0.05) is 0 Å². The molecule has 160 valence electrons. The van der Waals surface area contributed by atoms with Gasteiger partial charge in [-0.3, -0.25) is 4.79 Å². The van der Waals surface area contributed by atoms with Crippen molar-refractivity contribution >= 4 is 17.2 Å². The van der Waals surface area contributed by atoms with Gasteiger partial charge in [0.1, 0.15) is 22.2 Å². The molecule has 0 aliphatic heterocycles. The van der Waals surface area contributed by atoms with Gasteiger partial charge in [0.05, 0.1) is 13.7 Å². The predicted octanol–water partition coefficient (Wildman–Crippen LogP) is 6.01. The molecule has 4 rings (SSSR count). The van der Waals surface area contributed by atoms with Crippen LogP contribution in [0.5, 0.6) is 17.2 Å². The highest BCUT2D eigenvalue weighted by Crippen LogP contribution is 2.35. The van der Waals surface area contributed by atoms with Gasteiger partial charge in [-0.2, -0.15) is 5.10 Å². The molecule has 1 aliphatic carbocycles. The number of halogens is 1. The van der Waals surface area contributed by atoms with Gasteiger partial charge >= 0.3 is 5.56 Å². The fraction of sp³-hybridized carbons (Fsp3) is 0.280. The predicted molar refractivity (Wildman–Crippen MR) is 123 cm³/mol. The van der Waals surface area contributed by atoms with Crippen molar-refractivity contribution < 1.29 is 9.47 Å². The molecular formula is C25H25ClN2O3. The minimum absolute atomic E-state index is 0.0943. The fourth-order valence-electron chi connectivity index (χ4n) is 3.69. The van der Waals surface area contributed by atoms with E-state index >= 15 is 0 Å². The Kier molecular flexibility index (Phi) is 6.42. The summed E-state index contributed by atoms with van der Waals surface area (Å²) in [6.45, 7) is 2.37. The molecule has 0 N–H and O–H groups in total.